The minimum atomic E-state index is 0.975. The van der Waals surface area contributed by atoms with E-state index in [0.29, 0.717) is 0 Å². The summed E-state index contributed by atoms with van der Waals surface area (Å²) in [6.45, 7) is 9.45. The van der Waals surface area contributed by atoms with Gasteiger partial charge in [0.15, 0.2) is 0 Å². The molecule has 0 atom stereocenters. The number of allylic oxidation sites excluding steroid dienone is 3. The molecule has 0 fully saturated rings. The molecule has 2 aromatic rings. The van der Waals surface area contributed by atoms with Gasteiger partial charge >= 0.3 is 0 Å². The van der Waals surface area contributed by atoms with Crippen molar-refractivity contribution in [1.82, 2.24) is 0 Å². The van der Waals surface area contributed by atoms with E-state index >= 15 is 0 Å². The zero-order chi connectivity index (χ0) is 16.9. The van der Waals surface area contributed by atoms with Gasteiger partial charge in [-0.2, -0.15) is 0 Å². The minimum absolute atomic E-state index is 0.975. The van der Waals surface area contributed by atoms with Gasteiger partial charge in [-0.1, -0.05) is 66.5 Å². The summed E-state index contributed by atoms with van der Waals surface area (Å²) in [4.78, 5) is 5.98. The van der Waals surface area contributed by atoms with Crippen molar-refractivity contribution in [3.8, 4) is 0 Å². The smallest absolute Gasteiger partial charge is 0.0801 e. The van der Waals surface area contributed by atoms with Crippen LogP contribution in [0.25, 0.3) is 0 Å². The summed E-state index contributed by atoms with van der Waals surface area (Å²) in [6, 6.07) is 17.0. The third-order valence-corrected chi connectivity index (χ3v) is 6.02. The van der Waals surface area contributed by atoms with E-state index < -0.39 is 0 Å². The van der Waals surface area contributed by atoms with Gasteiger partial charge < -0.3 is 4.90 Å². The van der Waals surface area contributed by atoms with Crippen LogP contribution in [0, 0.1) is 6.92 Å². The summed E-state index contributed by atoms with van der Waals surface area (Å²) >= 11 is 3.54. The standard InChI is InChI=1S/C21H21NS2/c1-4-22-18-12-6-8-14-20(18)24-21(22)15-9-11-17(3)23-19-13-7-5-10-16(19)2/h5-15H,3-4H2,1-2H3/b11-9+,21-15+. The highest BCUT2D eigenvalue weighted by atomic mass is 32.2. The van der Waals surface area contributed by atoms with E-state index in [9.17, 15) is 0 Å². The summed E-state index contributed by atoms with van der Waals surface area (Å²) in [6.07, 6.45) is 6.36. The topological polar surface area (TPSA) is 3.24 Å². The highest BCUT2D eigenvalue weighted by Crippen LogP contribution is 2.45. The van der Waals surface area contributed by atoms with Crippen molar-refractivity contribution in [3.05, 3.63) is 88.8 Å². The van der Waals surface area contributed by atoms with Crippen LogP contribution in [0.2, 0.25) is 0 Å². The lowest BCUT2D eigenvalue weighted by atomic mass is 10.2. The Morgan fingerprint density at radius 1 is 1.17 bits per heavy atom. The summed E-state index contributed by atoms with van der Waals surface area (Å²) in [5.74, 6) is 0. The Bertz CT molecular complexity index is 805. The number of thioether (sulfide) groups is 2. The molecule has 24 heavy (non-hydrogen) atoms. The lowest BCUT2D eigenvalue weighted by Crippen LogP contribution is -2.16. The number of hydrogen-bond donors (Lipinski definition) is 0. The van der Waals surface area contributed by atoms with Crippen LogP contribution in [0.1, 0.15) is 12.5 Å². The number of fused-ring (bicyclic) bond motifs is 1. The van der Waals surface area contributed by atoms with Crippen molar-refractivity contribution >= 4 is 29.2 Å². The predicted octanol–water partition coefficient (Wildman–Crippen LogP) is 6.63. The molecule has 1 aliphatic heterocycles. The normalized spacial score (nSPS) is 15.2. The largest absolute Gasteiger partial charge is 0.335 e. The Morgan fingerprint density at radius 2 is 1.92 bits per heavy atom. The second kappa shape index (κ2) is 7.82. The Balaban J connectivity index is 1.68. The fourth-order valence-corrected chi connectivity index (χ4v) is 4.53. The lowest BCUT2D eigenvalue weighted by Gasteiger charge is -2.17. The molecule has 0 radical (unpaired) electrons. The maximum Gasteiger partial charge on any atom is 0.0801 e. The maximum absolute atomic E-state index is 4.16. The summed E-state index contributed by atoms with van der Waals surface area (Å²) in [7, 11) is 0. The zero-order valence-corrected chi connectivity index (χ0v) is 15.7. The van der Waals surface area contributed by atoms with Crippen LogP contribution >= 0.6 is 23.5 Å². The molecule has 0 aliphatic carbocycles. The van der Waals surface area contributed by atoms with E-state index in [0.717, 1.165) is 11.4 Å². The van der Waals surface area contributed by atoms with Crippen molar-refractivity contribution in [1.29, 1.82) is 0 Å². The molecule has 0 amide bonds. The Kier molecular flexibility index (Phi) is 5.54. The number of rotatable bonds is 5. The molecule has 0 spiro atoms. The predicted molar refractivity (Wildman–Crippen MR) is 109 cm³/mol. The van der Waals surface area contributed by atoms with Crippen molar-refractivity contribution in [2.45, 2.75) is 23.6 Å². The van der Waals surface area contributed by atoms with Gasteiger partial charge in [0.05, 0.1) is 10.7 Å². The number of anilines is 1. The highest BCUT2D eigenvalue weighted by Gasteiger charge is 2.22. The highest BCUT2D eigenvalue weighted by molar-refractivity contribution is 8.03. The van der Waals surface area contributed by atoms with E-state index in [1.54, 1.807) is 11.8 Å². The molecule has 0 N–H and O–H groups in total. The van der Waals surface area contributed by atoms with Crippen LogP contribution < -0.4 is 4.90 Å². The molecule has 0 unspecified atom stereocenters. The van der Waals surface area contributed by atoms with Crippen molar-refractivity contribution in [2.24, 2.45) is 0 Å². The fraction of sp³-hybridized carbons (Fsp3) is 0.143. The third kappa shape index (κ3) is 3.80. The van der Waals surface area contributed by atoms with E-state index in [-0.39, 0.29) is 0 Å². The molecule has 1 heterocycles. The molecule has 2 aromatic carbocycles. The molecule has 0 bridgehead atoms. The quantitative estimate of drug-likeness (QED) is 0.439. The van der Waals surface area contributed by atoms with Gasteiger partial charge in [0.25, 0.3) is 0 Å². The lowest BCUT2D eigenvalue weighted by molar-refractivity contribution is 1.00. The van der Waals surface area contributed by atoms with Crippen LogP contribution in [0.5, 0.6) is 0 Å². The van der Waals surface area contributed by atoms with Crippen LogP contribution in [-0.2, 0) is 0 Å². The number of nitrogens with zero attached hydrogens (tertiary/aromatic N) is 1. The molecular weight excluding hydrogens is 330 g/mol. The minimum Gasteiger partial charge on any atom is -0.335 e. The van der Waals surface area contributed by atoms with Gasteiger partial charge in [-0.3, -0.25) is 0 Å². The monoisotopic (exact) mass is 351 g/mol. The first-order chi connectivity index (χ1) is 11.7. The van der Waals surface area contributed by atoms with Crippen LogP contribution in [0.3, 0.4) is 0 Å². The first-order valence-electron chi connectivity index (χ1n) is 8.04. The number of para-hydroxylation sites is 1. The van der Waals surface area contributed by atoms with E-state index in [4.69, 9.17) is 0 Å². The summed E-state index contributed by atoms with van der Waals surface area (Å²) < 4.78 is 0. The van der Waals surface area contributed by atoms with Crippen LogP contribution in [-0.4, -0.2) is 6.54 Å². The number of aryl methyl sites for hydroxylation is 1. The maximum atomic E-state index is 4.16. The molecule has 122 valence electrons. The fourth-order valence-electron chi connectivity index (χ4n) is 2.59. The Morgan fingerprint density at radius 3 is 2.71 bits per heavy atom. The van der Waals surface area contributed by atoms with E-state index in [1.165, 1.54) is 26.1 Å². The first-order valence-corrected chi connectivity index (χ1v) is 9.67. The Hall–Kier alpha value is -1.84. The van der Waals surface area contributed by atoms with Gasteiger partial charge in [-0.15, -0.1) is 0 Å². The molecule has 0 aromatic heterocycles. The van der Waals surface area contributed by atoms with Gasteiger partial charge in [0, 0.05) is 21.2 Å². The SMILES string of the molecule is C=C(/C=C/C=C1/Sc2ccccc2N1CC)Sc1ccccc1C. The van der Waals surface area contributed by atoms with Crippen molar-refractivity contribution in [3.63, 3.8) is 0 Å². The summed E-state index contributed by atoms with van der Waals surface area (Å²) in [5, 5.41) is 1.27. The van der Waals surface area contributed by atoms with Gasteiger partial charge in [-0.05, 0) is 49.8 Å². The second-order valence-corrected chi connectivity index (χ2v) is 7.74. The molecule has 1 nitrogen and oxygen atoms in total. The molecule has 3 heteroatoms. The van der Waals surface area contributed by atoms with Gasteiger partial charge in [0.1, 0.15) is 0 Å². The first kappa shape index (κ1) is 17.0. The molecule has 1 aliphatic rings. The Labute approximate surface area is 153 Å². The summed E-state index contributed by atoms with van der Waals surface area (Å²) in [5.41, 5.74) is 2.59. The van der Waals surface area contributed by atoms with Crippen LogP contribution in [0.15, 0.2) is 93.1 Å². The molecule has 3 rings (SSSR count). The number of hydrogen-bond acceptors (Lipinski definition) is 3. The zero-order valence-electron chi connectivity index (χ0n) is 14.0. The van der Waals surface area contributed by atoms with Crippen molar-refractivity contribution in [2.75, 3.05) is 11.4 Å². The van der Waals surface area contributed by atoms with Gasteiger partial charge in [0.2, 0.25) is 0 Å². The molecule has 0 saturated heterocycles. The van der Waals surface area contributed by atoms with Crippen LogP contribution in [0.4, 0.5) is 5.69 Å². The number of benzene rings is 2. The van der Waals surface area contributed by atoms with E-state index in [1.807, 2.05) is 11.8 Å². The van der Waals surface area contributed by atoms with Gasteiger partial charge in [-0.25, -0.2) is 0 Å². The van der Waals surface area contributed by atoms with Crippen molar-refractivity contribution < 1.29 is 0 Å². The average Bonchev–Trinajstić information content (AvgIpc) is 2.94. The average molecular weight is 352 g/mol. The van der Waals surface area contributed by atoms with E-state index in [2.05, 4.69) is 92.1 Å². The third-order valence-electron chi connectivity index (χ3n) is 3.81. The second-order valence-electron chi connectivity index (χ2n) is 5.51. The molecular formula is C21H21NS2. The molecule has 0 saturated carbocycles.